The summed E-state index contributed by atoms with van der Waals surface area (Å²) >= 11 is 0. The van der Waals surface area contributed by atoms with Gasteiger partial charge in [-0.3, -0.25) is 9.59 Å². The number of sulfonamides is 1. The summed E-state index contributed by atoms with van der Waals surface area (Å²) < 4.78 is 41.7. The Morgan fingerprint density at radius 1 is 0.971 bits per heavy atom. The summed E-state index contributed by atoms with van der Waals surface area (Å²) in [5.74, 6) is -1.18. The molecule has 2 saturated heterocycles. The van der Waals surface area contributed by atoms with E-state index in [1.807, 2.05) is 0 Å². The number of aromatic nitrogens is 1. The number of carbonyl (C=O) groups is 2. The van der Waals surface area contributed by atoms with Gasteiger partial charge in [-0.15, -0.1) is 0 Å². The van der Waals surface area contributed by atoms with Crippen molar-refractivity contribution in [1.82, 2.24) is 14.2 Å². The predicted octanol–water partition coefficient (Wildman–Crippen LogP) is 3.44. The van der Waals surface area contributed by atoms with Crippen molar-refractivity contribution >= 4 is 27.5 Å². The molecule has 1 aromatic heterocycles. The Labute approximate surface area is 199 Å². The summed E-state index contributed by atoms with van der Waals surface area (Å²) in [6.07, 6.45) is 3.64. The van der Waals surface area contributed by atoms with Crippen molar-refractivity contribution in [2.75, 3.05) is 31.5 Å². The molecular weight excluding hydrogens is 459 g/mol. The minimum atomic E-state index is -3.92. The van der Waals surface area contributed by atoms with Gasteiger partial charge in [0.25, 0.3) is 5.91 Å². The summed E-state index contributed by atoms with van der Waals surface area (Å²) in [7, 11) is -3.92. The van der Waals surface area contributed by atoms with Gasteiger partial charge in [0.2, 0.25) is 15.9 Å². The fraction of sp³-hybridized carbons (Fsp3) is 0.500. The minimum absolute atomic E-state index is 0.0507. The number of rotatable bonds is 5. The van der Waals surface area contributed by atoms with Crippen LogP contribution in [-0.2, 0) is 14.8 Å². The second kappa shape index (κ2) is 9.87. The molecule has 3 heterocycles. The standard InChI is InChI=1S/C24H31FN4O4S/c1-16-21(24(31)28-12-4-3-5-13-28)22(17(2)26-16)34(32,33)29-14-10-18(11-15-29)23(30)27-20-8-6-19(25)7-9-20/h6-9,18,26H,3-5,10-15H2,1-2H3,(H,27,30). The second-order valence-electron chi connectivity index (χ2n) is 9.11. The molecule has 2 aromatic rings. The summed E-state index contributed by atoms with van der Waals surface area (Å²) in [4.78, 5) is 30.7. The van der Waals surface area contributed by atoms with Crippen LogP contribution >= 0.6 is 0 Å². The highest BCUT2D eigenvalue weighted by atomic mass is 32.2. The maximum absolute atomic E-state index is 13.6. The van der Waals surface area contributed by atoms with Crippen molar-refractivity contribution in [3.8, 4) is 0 Å². The van der Waals surface area contributed by atoms with Gasteiger partial charge in [-0.05, 0) is 70.2 Å². The smallest absolute Gasteiger partial charge is 0.257 e. The zero-order valence-corrected chi connectivity index (χ0v) is 20.4. The van der Waals surface area contributed by atoms with Gasteiger partial charge in [0.15, 0.2) is 0 Å². The largest absolute Gasteiger partial charge is 0.361 e. The number of H-pyrrole nitrogens is 1. The quantitative estimate of drug-likeness (QED) is 0.670. The van der Waals surface area contributed by atoms with Crippen LogP contribution in [0.25, 0.3) is 0 Å². The first-order valence-corrected chi connectivity index (χ1v) is 13.2. The lowest BCUT2D eigenvalue weighted by Gasteiger charge is -2.31. The first-order valence-electron chi connectivity index (χ1n) is 11.7. The number of nitrogens with zero attached hydrogens (tertiary/aromatic N) is 2. The van der Waals surface area contributed by atoms with E-state index in [0.717, 1.165) is 19.3 Å². The summed E-state index contributed by atoms with van der Waals surface area (Å²) in [5, 5.41) is 2.77. The van der Waals surface area contributed by atoms with Crippen molar-refractivity contribution in [2.45, 2.75) is 50.8 Å². The number of benzene rings is 1. The summed E-state index contributed by atoms with van der Waals surface area (Å²) in [6, 6.07) is 5.53. The van der Waals surface area contributed by atoms with Crippen LogP contribution in [0.1, 0.15) is 53.8 Å². The number of hydrogen-bond acceptors (Lipinski definition) is 4. The topological polar surface area (TPSA) is 103 Å². The van der Waals surface area contributed by atoms with E-state index in [2.05, 4.69) is 10.3 Å². The molecule has 10 heteroatoms. The van der Waals surface area contributed by atoms with Crippen molar-refractivity contribution < 1.29 is 22.4 Å². The number of piperidine rings is 2. The van der Waals surface area contributed by atoms with Gasteiger partial charge < -0.3 is 15.2 Å². The molecular formula is C24H31FN4O4S. The monoisotopic (exact) mass is 490 g/mol. The molecule has 1 aromatic carbocycles. The molecule has 2 aliphatic rings. The number of halogens is 1. The van der Waals surface area contributed by atoms with E-state index in [9.17, 15) is 22.4 Å². The lowest BCUT2D eigenvalue weighted by atomic mass is 9.97. The van der Waals surface area contributed by atoms with Crippen molar-refractivity contribution in [3.63, 3.8) is 0 Å². The van der Waals surface area contributed by atoms with E-state index in [1.54, 1.807) is 18.7 Å². The first-order chi connectivity index (χ1) is 16.2. The molecule has 0 unspecified atom stereocenters. The van der Waals surface area contributed by atoms with Crippen LogP contribution in [0.4, 0.5) is 10.1 Å². The molecule has 184 valence electrons. The van der Waals surface area contributed by atoms with Crippen molar-refractivity contribution in [1.29, 1.82) is 0 Å². The SMILES string of the molecule is Cc1[nH]c(C)c(S(=O)(=O)N2CCC(C(=O)Nc3ccc(F)cc3)CC2)c1C(=O)N1CCCCC1. The Kier molecular flexibility index (Phi) is 7.09. The Hall–Kier alpha value is -2.72. The third-order valence-corrected chi connectivity index (χ3v) is 8.78. The number of anilines is 1. The normalized spacial score (nSPS) is 18.1. The molecule has 0 saturated carbocycles. The highest BCUT2D eigenvalue weighted by molar-refractivity contribution is 7.89. The Morgan fingerprint density at radius 3 is 2.21 bits per heavy atom. The molecule has 2 N–H and O–H groups in total. The average molecular weight is 491 g/mol. The first kappa shape index (κ1) is 24.4. The number of aryl methyl sites for hydroxylation is 2. The number of carbonyl (C=O) groups excluding carboxylic acids is 2. The highest BCUT2D eigenvalue weighted by Gasteiger charge is 2.38. The summed E-state index contributed by atoms with van der Waals surface area (Å²) in [5.41, 5.74) is 1.74. The minimum Gasteiger partial charge on any atom is -0.361 e. The number of aromatic amines is 1. The molecule has 8 nitrogen and oxygen atoms in total. The number of hydrogen-bond donors (Lipinski definition) is 2. The van der Waals surface area contributed by atoms with E-state index in [0.29, 0.717) is 43.0 Å². The second-order valence-corrected chi connectivity index (χ2v) is 11.0. The van der Waals surface area contributed by atoms with Gasteiger partial charge in [-0.25, -0.2) is 12.8 Å². The highest BCUT2D eigenvalue weighted by Crippen LogP contribution is 2.31. The zero-order valence-electron chi connectivity index (χ0n) is 19.6. The van der Waals surface area contributed by atoms with E-state index >= 15 is 0 Å². The number of nitrogens with one attached hydrogen (secondary N) is 2. The molecule has 34 heavy (non-hydrogen) atoms. The van der Waals surface area contributed by atoms with Gasteiger partial charge in [-0.1, -0.05) is 0 Å². The van der Waals surface area contributed by atoms with Gasteiger partial charge in [0.05, 0.1) is 5.56 Å². The maximum atomic E-state index is 13.6. The van der Waals surface area contributed by atoms with E-state index < -0.39 is 10.0 Å². The van der Waals surface area contributed by atoms with Crippen molar-refractivity contribution in [3.05, 3.63) is 47.0 Å². The van der Waals surface area contributed by atoms with E-state index in [4.69, 9.17) is 0 Å². The lowest BCUT2D eigenvalue weighted by molar-refractivity contribution is -0.120. The predicted molar refractivity (Wildman–Crippen MR) is 127 cm³/mol. The number of likely N-dealkylation sites (tertiary alicyclic amines) is 1. The van der Waals surface area contributed by atoms with Gasteiger partial charge >= 0.3 is 0 Å². The molecule has 0 aliphatic carbocycles. The fourth-order valence-corrected chi connectivity index (χ4v) is 6.74. The summed E-state index contributed by atoms with van der Waals surface area (Å²) in [6.45, 7) is 5.05. The van der Waals surface area contributed by atoms with Crippen LogP contribution in [0.5, 0.6) is 0 Å². The molecule has 4 rings (SSSR count). The third-order valence-electron chi connectivity index (χ3n) is 6.71. The van der Waals surface area contributed by atoms with Crippen LogP contribution in [0, 0.1) is 25.6 Å². The third kappa shape index (κ3) is 4.88. The maximum Gasteiger partial charge on any atom is 0.257 e. The van der Waals surface area contributed by atoms with Crippen LogP contribution < -0.4 is 5.32 Å². The van der Waals surface area contributed by atoms with Crippen molar-refractivity contribution in [2.24, 2.45) is 5.92 Å². The molecule has 0 radical (unpaired) electrons. The number of amides is 2. The fourth-order valence-electron chi connectivity index (χ4n) is 4.86. The van der Waals surface area contributed by atoms with E-state index in [1.165, 1.54) is 28.6 Å². The molecule has 2 amide bonds. The molecule has 2 aliphatic heterocycles. The van der Waals surface area contributed by atoms with Crippen LogP contribution in [0.15, 0.2) is 29.2 Å². The Balaban J connectivity index is 1.48. The molecule has 2 fully saturated rings. The zero-order chi connectivity index (χ0) is 24.5. The Bertz CT molecular complexity index is 1160. The molecule has 0 atom stereocenters. The van der Waals surface area contributed by atoms with Gasteiger partial charge in [0.1, 0.15) is 10.7 Å². The molecule has 0 bridgehead atoms. The van der Waals surface area contributed by atoms with Crippen LogP contribution in [-0.4, -0.2) is 60.6 Å². The lowest BCUT2D eigenvalue weighted by Crippen LogP contribution is -2.42. The van der Waals surface area contributed by atoms with Gasteiger partial charge in [-0.2, -0.15) is 4.31 Å². The van der Waals surface area contributed by atoms with Gasteiger partial charge in [0, 0.05) is 49.2 Å². The van der Waals surface area contributed by atoms with Crippen LogP contribution in [0.2, 0.25) is 0 Å². The van der Waals surface area contributed by atoms with E-state index in [-0.39, 0.29) is 47.1 Å². The molecule has 0 spiro atoms. The Morgan fingerprint density at radius 2 is 1.59 bits per heavy atom. The average Bonchev–Trinajstić information content (AvgIpc) is 3.14. The van der Waals surface area contributed by atoms with Crippen LogP contribution in [0.3, 0.4) is 0 Å².